The average Bonchev–Trinajstić information content (AvgIpc) is 2.91. The summed E-state index contributed by atoms with van der Waals surface area (Å²) in [5, 5.41) is 3.03. The summed E-state index contributed by atoms with van der Waals surface area (Å²) in [6, 6.07) is 15.0. The summed E-state index contributed by atoms with van der Waals surface area (Å²) >= 11 is 0. The van der Waals surface area contributed by atoms with Gasteiger partial charge in [-0.05, 0) is 55.2 Å². The van der Waals surface area contributed by atoms with Crippen LogP contribution in [0, 0.1) is 0 Å². The Hall–Kier alpha value is -3.43. The van der Waals surface area contributed by atoms with Crippen molar-refractivity contribution in [3.05, 3.63) is 59.7 Å². The second kappa shape index (κ2) is 13.4. The van der Waals surface area contributed by atoms with E-state index in [1.807, 2.05) is 55.5 Å². The molecule has 0 radical (unpaired) electrons. The number of likely N-dealkylation sites (tertiary alicyclic amines) is 1. The molecule has 1 N–H and O–H groups in total. The summed E-state index contributed by atoms with van der Waals surface area (Å²) in [7, 11) is 1.63. The minimum Gasteiger partial charge on any atom is -0.457 e. The summed E-state index contributed by atoms with van der Waals surface area (Å²) in [6.45, 7) is 3.99. The first kappa shape index (κ1) is 27.6. The number of hydrogen-bond acceptors (Lipinski definition) is 6. The molecule has 0 aromatic heterocycles. The molecule has 4 rings (SSSR count). The summed E-state index contributed by atoms with van der Waals surface area (Å²) in [5.41, 5.74) is 1.93. The first-order chi connectivity index (χ1) is 18.4. The first-order valence-electron chi connectivity index (χ1n) is 13.3. The van der Waals surface area contributed by atoms with Crippen LogP contribution in [0.1, 0.15) is 37.3 Å². The fourth-order valence-electron chi connectivity index (χ4n) is 4.76. The van der Waals surface area contributed by atoms with Crippen LogP contribution in [-0.4, -0.2) is 79.6 Å². The smallest absolute Gasteiger partial charge is 0.239 e. The molecular formula is C29H37N3O6. The average molecular weight is 524 g/mol. The maximum absolute atomic E-state index is 13.0. The lowest BCUT2D eigenvalue weighted by molar-refractivity contribution is -0.139. The Labute approximate surface area is 224 Å². The number of benzene rings is 2. The molecule has 2 heterocycles. The summed E-state index contributed by atoms with van der Waals surface area (Å²) in [5.74, 6) is 0.986. The highest BCUT2D eigenvalue weighted by Crippen LogP contribution is 2.25. The third-order valence-corrected chi connectivity index (χ3v) is 6.84. The van der Waals surface area contributed by atoms with E-state index in [2.05, 4.69) is 5.32 Å². The molecule has 9 heteroatoms. The van der Waals surface area contributed by atoms with Crippen molar-refractivity contribution in [3.8, 4) is 11.5 Å². The molecule has 2 aromatic carbocycles. The molecule has 38 heavy (non-hydrogen) atoms. The number of ether oxygens (including phenoxy) is 3. The minimum absolute atomic E-state index is 0.00837. The predicted octanol–water partition coefficient (Wildman–Crippen LogP) is 2.91. The Morgan fingerprint density at radius 1 is 1.08 bits per heavy atom. The number of aryl methyl sites for hydroxylation is 1. The number of carbonyl (C=O) groups excluding carboxylic acids is 3. The van der Waals surface area contributed by atoms with E-state index in [1.165, 1.54) is 4.90 Å². The zero-order chi connectivity index (χ0) is 26.9. The number of hydrogen-bond donors (Lipinski definition) is 1. The molecule has 1 saturated heterocycles. The largest absolute Gasteiger partial charge is 0.457 e. The Kier molecular flexibility index (Phi) is 9.73. The molecule has 204 valence electrons. The lowest BCUT2D eigenvalue weighted by Gasteiger charge is -2.39. The van der Waals surface area contributed by atoms with Gasteiger partial charge in [0.15, 0.2) is 0 Å². The molecule has 9 nitrogen and oxygen atoms in total. The van der Waals surface area contributed by atoms with Crippen molar-refractivity contribution in [1.82, 2.24) is 15.1 Å². The molecule has 2 aromatic rings. The fraction of sp³-hybridized carbons (Fsp3) is 0.483. The second-order valence-corrected chi connectivity index (χ2v) is 9.75. The quantitative estimate of drug-likeness (QED) is 0.619. The van der Waals surface area contributed by atoms with Crippen LogP contribution in [0.25, 0.3) is 0 Å². The zero-order valence-electron chi connectivity index (χ0n) is 22.2. The van der Waals surface area contributed by atoms with Crippen LogP contribution in [0.2, 0.25) is 0 Å². The van der Waals surface area contributed by atoms with Gasteiger partial charge in [0.1, 0.15) is 11.5 Å². The van der Waals surface area contributed by atoms with Crippen molar-refractivity contribution in [2.45, 2.75) is 51.4 Å². The standard InChI is InChI=1S/C29H37N3O6/c1-3-36-15-13-29(35)32-14-12-26-25(18-32)30-27(33)19-31(2)28(34)11-10-21-6-4-8-23(16-21)38-24-9-5-7-22(17-24)20-37-26/h4-9,16-17,25-26H,3,10-15,18-20H2,1-2H3,(H,30,33)/t25-,26+/m0/s1. The molecule has 2 aliphatic heterocycles. The van der Waals surface area contributed by atoms with E-state index in [4.69, 9.17) is 14.2 Å². The molecule has 2 atom stereocenters. The molecule has 0 unspecified atom stereocenters. The van der Waals surface area contributed by atoms with Gasteiger partial charge in [-0.2, -0.15) is 0 Å². The first-order valence-corrected chi connectivity index (χ1v) is 13.3. The normalized spacial score (nSPS) is 21.0. The van der Waals surface area contributed by atoms with Gasteiger partial charge in [-0.25, -0.2) is 0 Å². The van der Waals surface area contributed by atoms with Gasteiger partial charge >= 0.3 is 0 Å². The lowest BCUT2D eigenvalue weighted by Crippen LogP contribution is -2.58. The van der Waals surface area contributed by atoms with Gasteiger partial charge < -0.3 is 29.3 Å². The highest BCUT2D eigenvalue weighted by atomic mass is 16.5. The van der Waals surface area contributed by atoms with Crippen molar-refractivity contribution in [2.24, 2.45) is 0 Å². The third kappa shape index (κ3) is 7.79. The van der Waals surface area contributed by atoms with E-state index in [-0.39, 0.29) is 36.8 Å². The Morgan fingerprint density at radius 3 is 2.58 bits per heavy atom. The van der Waals surface area contributed by atoms with Crippen LogP contribution < -0.4 is 10.1 Å². The number of piperidine rings is 1. The highest BCUT2D eigenvalue weighted by Gasteiger charge is 2.33. The van der Waals surface area contributed by atoms with Gasteiger partial charge in [-0.15, -0.1) is 0 Å². The topological polar surface area (TPSA) is 97.4 Å². The third-order valence-electron chi connectivity index (χ3n) is 6.84. The summed E-state index contributed by atoms with van der Waals surface area (Å²) in [4.78, 5) is 41.6. The van der Waals surface area contributed by atoms with Crippen molar-refractivity contribution < 1.29 is 28.6 Å². The van der Waals surface area contributed by atoms with E-state index in [0.717, 1.165) is 11.1 Å². The minimum atomic E-state index is -0.395. The summed E-state index contributed by atoms with van der Waals surface area (Å²) < 4.78 is 17.7. The van der Waals surface area contributed by atoms with Crippen molar-refractivity contribution in [3.63, 3.8) is 0 Å². The number of fused-ring (bicyclic) bond motifs is 5. The maximum atomic E-state index is 13.0. The van der Waals surface area contributed by atoms with Crippen LogP contribution >= 0.6 is 0 Å². The second-order valence-electron chi connectivity index (χ2n) is 9.75. The Morgan fingerprint density at radius 2 is 1.82 bits per heavy atom. The highest BCUT2D eigenvalue weighted by molar-refractivity contribution is 5.85. The number of amides is 3. The van der Waals surface area contributed by atoms with Gasteiger partial charge in [0.05, 0.1) is 38.3 Å². The molecule has 0 spiro atoms. The number of nitrogens with one attached hydrogen (secondary N) is 1. The fourth-order valence-corrected chi connectivity index (χ4v) is 4.76. The molecule has 0 saturated carbocycles. The number of likely N-dealkylation sites (N-methyl/N-ethyl adjacent to an activating group) is 1. The SMILES string of the molecule is CCOCCC(=O)N1CC[C@H]2OCc3cccc(c3)Oc3cccc(c3)CCC(=O)N(C)CC(=O)N[C@H]2C1. The number of rotatable bonds is 4. The van der Waals surface area contributed by atoms with Crippen LogP contribution in [0.15, 0.2) is 48.5 Å². The zero-order valence-corrected chi connectivity index (χ0v) is 22.2. The molecule has 0 aliphatic carbocycles. The van der Waals surface area contributed by atoms with Gasteiger partial charge in [-0.1, -0.05) is 24.3 Å². The van der Waals surface area contributed by atoms with Gasteiger partial charge in [0.25, 0.3) is 0 Å². The van der Waals surface area contributed by atoms with E-state index in [0.29, 0.717) is 63.7 Å². The van der Waals surface area contributed by atoms with Crippen molar-refractivity contribution in [2.75, 3.05) is 39.9 Å². The van der Waals surface area contributed by atoms with Gasteiger partial charge in [0, 0.05) is 33.2 Å². The lowest BCUT2D eigenvalue weighted by atomic mass is 10.0. The van der Waals surface area contributed by atoms with Crippen LogP contribution in [0.5, 0.6) is 11.5 Å². The van der Waals surface area contributed by atoms with Crippen molar-refractivity contribution >= 4 is 17.7 Å². The molecule has 4 bridgehead atoms. The van der Waals surface area contributed by atoms with Gasteiger partial charge in [-0.3, -0.25) is 14.4 Å². The monoisotopic (exact) mass is 523 g/mol. The number of carbonyl (C=O) groups is 3. The number of nitrogens with zero attached hydrogens (tertiary/aromatic N) is 2. The molecule has 3 amide bonds. The predicted molar refractivity (Wildman–Crippen MR) is 142 cm³/mol. The maximum Gasteiger partial charge on any atom is 0.239 e. The summed E-state index contributed by atoms with van der Waals surface area (Å²) in [6.07, 6.45) is 1.42. The molecule has 2 aliphatic rings. The Bertz CT molecular complexity index is 1120. The molecule has 1 fully saturated rings. The van der Waals surface area contributed by atoms with Crippen LogP contribution in [0.3, 0.4) is 0 Å². The van der Waals surface area contributed by atoms with E-state index < -0.39 is 6.04 Å². The van der Waals surface area contributed by atoms with Crippen molar-refractivity contribution in [1.29, 1.82) is 0 Å². The van der Waals surface area contributed by atoms with Crippen LogP contribution in [-0.2, 0) is 36.9 Å². The van der Waals surface area contributed by atoms with E-state index in [9.17, 15) is 14.4 Å². The van der Waals surface area contributed by atoms with E-state index >= 15 is 0 Å². The molecular weight excluding hydrogens is 486 g/mol. The van der Waals surface area contributed by atoms with Crippen LogP contribution in [0.4, 0.5) is 0 Å². The van der Waals surface area contributed by atoms with Gasteiger partial charge in [0.2, 0.25) is 17.7 Å². The Balaban J connectivity index is 1.52. The van der Waals surface area contributed by atoms with E-state index in [1.54, 1.807) is 11.9 Å².